The molecule has 1 aromatic heterocycles. The predicted octanol–water partition coefficient (Wildman–Crippen LogP) is 0.147. The van der Waals surface area contributed by atoms with Crippen molar-refractivity contribution < 1.29 is 14.7 Å². The van der Waals surface area contributed by atoms with E-state index in [2.05, 4.69) is 26.5 Å². The van der Waals surface area contributed by atoms with E-state index in [-0.39, 0.29) is 29.9 Å². The Morgan fingerprint density at radius 3 is 2.52 bits per heavy atom. The number of hydrogen-bond donors (Lipinski definition) is 3. The number of amides is 2. The third-order valence-corrected chi connectivity index (χ3v) is 6.79. The Morgan fingerprint density at radius 2 is 1.90 bits per heavy atom. The molecule has 0 spiro atoms. The van der Waals surface area contributed by atoms with Crippen molar-refractivity contribution in [1.29, 1.82) is 0 Å². The minimum Gasteiger partial charge on any atom is -0.394 e. The van der Waals surface area contributed by atoms with Crippen LogP contribution in [-0.4, -0.2) is 78.2 Å². The van der Waals surface area contributed by atoms with Crippen LogP contribution in [0.15, 0.2) is 12.1 Å². The lowest BCUT2D eigenvalue weighted by Gasteiger charge is -2.50. The normalized spacial score (nSPS) is 25.7. The summed E-state index contributed by atoms with van der Waals surface area (Å²) in [5, 5.41) is 16.0. The molecule has 3 saturated heterocycles. The fourth-order valence-electron chi connectivity index (χ4n) is 4.95. The van der Waals surface area contributed by atoms with Gasteiger partial charge in [0.1, 0.15) is 0 Å². The SMILES string of the molecule is Cc1nc(C2CCC(=O)NC2=O)ccc1N1CCC(CO)(N2CCNCC2)CC1. The minimum atomic E-state index is -0.350. The van der Waals surface area contributed by atoms with Crippen LogP contribution in [0, 0.1) is 6.92 Å². The van der Waals surface area contributed by atoms with Gasteiger partial charge in [-0.1, -0.05) is 0 Å². The number of aromatic nitrogens is 1. The number of carbonyl (C=O) groups is 2. The number of piperazine rings is 1. The maximum atomic E-state index is 12.1. The second-order valence-electron chi connectivity index (χ2n) is 8.45. The summed E-state index contributed by atoms with van der Waals surface area (Å²) in [7, 11) is 0. The first-order chi connectivity index (χ1) is 14.0. The fraction of sp³-hybridized carbons (Fsp3) is 0.667. The Bertz CT molecular complexity index is 770. The van der Waals surface area contributed by atoms with Crippen molar-refractivity contribution >= 4 is 17.5 Å². The third kappa shape index (κ3) is 4.01. The van der Waals surface area contributed by atoms with Gasteiger partial charge in [0.05, 0.1) is 29.6 Å². The number of pyridine rings is 1. The topological polar surface area (TPSA) is 97.8 Å². The summed E-state index contributed by atoms with van der Waals surface area (Å²) < 4.78 is 0. The van der Waals surface area contributed by atoms with E-state index in [1.807, 2.05) is 13.0 Å². The molecule has 2 amide bonds. The second kappa shape index (κ2) is 8.38. The summed E-state index contributed by atoms with van der Waals surface area (Å²) in [6, 6.07) is 3.98. The lowest BCUT2D eigenvalue weighted by Crippen LogP contribution is -2.62. The molecule has 8 nitrogen and oxygen atoms in total. The highest BCUT2D eigenvalue weighted by molar-refractivity contribution is 6.00. The van der Waals surface area contributed by atoms with Gasteiger partial charge in [0.2, 0.25) is 11.8 Å². The van der Waals surface area contributed by atoms with Crippen molar-refractivity contribution in [3.8, 4) is 0 Å². The number of aliphatic hydroxyl groups is 1. The number of carbonyl (C=O) groups excluding carboxylic acids is 2. The van der Waals surface area contributed by atoms with Gasteiger partial charge < -0.3 is 15.3 Å². The minimum absolute atomic E-state index is 0.118. The van der Waals surface area contributed by atoms with E-state index < -0.39 is 0 Å². The molecule has 3 aliphatic heterocycles. The molecule has 0 bridgehead atoms. The van der Waals surface area contributed by atoms with Gasteiger partial charge in [-0.15, -0.1) is 0 Å². The number of rotatable bonds is 4. The van der Waals surface area contributed by atoms with Crippen LogP contribution in [0.1, 0.15) is 43.0 Å². The van der Waals surface area contributed by atoms with E-state index >= 15 is 0 Å². The molecule has 1 atom stereocenters. The molecule has 158 valence electrons. The number of aliphatic hydroxyl groups excluding tert-OH is 1. The Morgan fingerprint density at radius 1 is 1.17 bits per heavy atom. The number of hydrogen-bond acceptors (Lipinski definition) is 7. The van der Waals surface area contributed by atoms with Crippen LogP contribution in [0.3, 0.4) is 0 Å². The lowest BCUT2D eigenvalue weighted by molar-refractivity contribution is -0.134. The monoisotopic (exact) mass is 401 g/mol. The number of piperidine rings is 2. The van der Waals surface area contributed by atoms with Gasteiger partial charge in [0.15, 0.2) is 0 Å². The molecule has 3 aliphatic rings. The van der Waals surface area contributed by atoms with E-state index in [0.717, 1.165) is 69.2 Å². The fourth-order valence-corrected chi connectivity index (χ4v) is 4.95. The highest BCUT2D eigenvalue weighted by Gasteiger charge is 2.40. The average Bonchev–Trinajstić information content (AvgIpc) is 2.74. The largest absolute Gasteiger partial charge is 0.394 e. The van der Waals surface area contributed by atoms with Crippen molar-refractivity contribution in [3.63, 3.8) is 0 Å². The molecule has 3 N–H and O–H groups in total. The molecule has 0 aliphatic carbocycles. The Hall–Kier alpha value is -2.03. The van der Waals surface area contributed by atoms with Crippen LogP contribution >= 0.6 is 0 Å². The zero-order chi connectivity index (χ0) is 20.4. The van der Waals surface area contributed by atoms with Gasteiger partial charge in [-0.25, -0.2) is 0 Å². The summed E-state index contributed by atoms with van der Waals surface area (Å²) in [6.07, 6.45) is 2.74. The predicted molar refractivity (Wildman–Crippen MR) is 110 cm³/mol. The van der Waals surface area contributed by atoms with Crippen LogP contribution in [0.2, 0.25) is 0 Å². The first-order valence-corrected chi connectivity index (χ1v) is 10.7. The van der Waals surface area contributed by atoms with E-state index in [0.29, 0.717) is 12.8 Å². The third-order valence-electron chi connectivity index (χ3n) is 6.79. The van der Waals surface area contributed by atoms with Gasteiger partial charge in [-0.05, 0) is 38.3 Å². The zero-order valence-electron chi connectivity index (χ0n) is 17.1. The maximum Gasteiger partial charge on any atom is 0.235 e. The summed E-state index contributed by atoms with van der Waals surface area (Å²) in [6.45, 7) is 7.88. The molecular formula is C21H31N5O3. The summed E-state index contributed by atoms with van der Waals surface area (Å²) in [5.74, 6) is -0.802. The average molecular weight is 402 g/mol. The van der Waals surface area contributed by atoms with Crippen molar-refractivity contribution in [2.75, 3.05) is 50.8 Å². The van der Waals surface area contributed by atoms with Gasteiger partial charge in [0, 0.05) is 51.2 Å². The molecule has 4 rings (SSSR count). The van der Waals surface area contributed by atoms with Gasteiger partial charge in [0.25, 0.3) is 0 Å². The Kier molecular flexibility index (Phi) is 5.85. The first-order valence-electron chi connectivity index (χ1n) is 10.7. The molecule has 29 heavy (non-hydrogen) atoms. The van der Waals surface area contributed by atoms with E-state index in [1.54, 1.807) is 0 Å². The number of anilines is 1. The second-order valence-corrected chi connectivity index (χ2v) is 8.45. The summed E-state index contributed by atoms with van der Waals surface area (Å²) >= 11 is 0. The first kappa shape index (κ1) is 20.3. The van der Waals surface area contributed by atoms with Crippen LogP contribution < -0.4 is 15.5 Å². The van der Waals surface area contributed by atoms with Crippen molar-refractivity contribution in [2.45, 2.75) is 44.1 Å². The highest BCUT2D eigenvalue weighted by atomic mass is 16.3. The van der Waals surface area contributed by atoms with Crippen LogP contribution in [0.4, 0.5) is 5.69 Å². The summed E-state index contributed by atoms with van der Waals surface area (Å²) in [5.41, 5.74) is 2.62. The van der Waals surface area contributed by atoms with Crippen LogP contribution in [0.25, 0.3) is 0 Å². The summed E-state index contributed by atoms with van der Waals surface area (Å²) in [4.78, 5) is 33.0. The van der Waals surface area contributed by atoms with Crippen molar-refractivity contribution in [3.05, 3.63) is 23.5 Å². The van der Waals surface area contributed by atoms with E-state index in [1.165, 1.54) is 0 Å². The molecule has 4 heterocycles. The number of imide groups is 1. The lowest BCUT2D eigenvalue weighted by atomic mass is 9.85. The standard InChI is InChI=1S/C21H31N5O3/c1-15-18(4-3-17(23-15)16-2-5-19(28)24-20(16)29)25-10-6-21(14-27,7-11-25)26-12-8-22-9-13-26/h3-4,16,22,27H,2,5-14H2,1H3,(H,24,28,29). The molecule has 0 saturated carbocycles. The Labute approximate surface area is 171 Å². The van der Waals surface area contributed by atoms with Gasteiger partial charge >= 0.3 is 0 Å². The molecule has 3 fully saturated rings. The molecular weight excluding hydrogens is 370 g/mol. The Balaban J connectivity index is 1.44. The van der Waals surface area contributed by atoms with Gasteiger partial charge in [-0.2, -0.15) is 0 Å². The highest BCUT2D eigenvalue weighted by Crippen LogP contribution is 2.33. The van der Waals surface area contributed by atoms with E-state index in [4.69, 9.17) is 4.98 Å². The quantitative estimate of drug-likeness (QED) is 0.618. The van der Waals surface area contributed by atoms with Crippen LogP contribution in [-0.2, 0) is 9.59 Å². The van der Waals surface area contributed by atoms with Crippen LogP contribution in [0.5, 0.6) is 0 Å². The van der Waals surface area contributed by atoms with Gasteiger partial charge in [-0.3, -0.25) is 24.8 Å². The molecule has 0 aromatic carbocycles. The van der Waals surface area contributed by atoms with Crippen molar-refractivity contribution in [2.24, 2.45) is 0 Å². The smallest absolute Gasteiger partial charge is 0.235 e. The maximum absolute atomic E-state index is 12.1. The molecule has 1 unspecified atom stereocenters. The van der Waals surface area contributed by atoms with E-state index in [9.17, 15) is 14.7 Å². The number of nitrogens with one attached hydrogen (secondary N) is 2. The zero-order valence-corrected chi connectivity index (χ0v) is 17.1. The molecule has 1 aromatic rings. The molecule has 8 heteroatoms. The number of nitrogens with zero attached hydrogens (tertiary/aromatic N) is 3. The molecule has 0 radical (unpaired) electrons. The van der Waals surface area contributed by atoms with Crippen molar-refractivity contribution in [1.82, 2.24) is 20.5 Å². The number of aryl methyl sites for hydroxylation is 1.